The van der Waals surface area contributed by atoms with Gasteiger partial charge in [-0.3, -0.25) is 4.79 Å². The molecule has 0 spiro atoms. The van der Waals surface area contributed by atoms with Crippen molar-refractivity contribution in [2.45, 2.75) is 69.1 Å². The molecule has 0 bridgehead atoms. The van der Waals surface area contributed by atoms with Crippen molar-refractivity contribution < 1.29 is 24.9 Å². The van der Waals surface area contributed by atoms with Crippen LogP contribution in [0.5, 0.6) is 0 Å². The maximum atomic E-state index is 11.4. The van der Waals surface area contributed by atoms with E-state index < -0.39 is 23.3 Å². The van der Waals surface area contributed by atoms with Gasteiger partial charge in [-0.2, -0.15) is 0 Å². The van der Waals surface area contributed by atoms with Crippen molar-refractivity contribution in [3.63, 3.8) is 0 Å². The summed E-state index contributed by atoms with van der Waals surface area (Å²) in [5, 5.41) is 27.8. The molecule has 0 aliphatic heterocycles. The standard InChI is InChI=1S/C26H34O5S/c27-23(28)18-19-32-25(24(29)26(30)31)22-17-11-10-16-21(22)15-9-4-2-1-3-6-12-20-13-7-5-8-14-20/h5,7-8,10-11,13-14,16-17,24-25,29H,1-4,6,9,12,15,18-19H2,(H,27,28)(H,30,31). The molecule has 0 amide bonds. The first-order valence-corrected chi connectivity index (χ1v) is 12.4. The van der Waals surface area contributed by atoms with Crippen LogP contribution in [0.3, 0.4) is 0 Å². The summed E-state index contributed by atoms with van der Waals surface area (Å²) >= 11 is 1.19. The molecule has 6 heteroatoms. The second kappa shape index (κ2) is 14.7. The Bertz CT molecular complexity index is 824. The minimum Gasteiger partial charge on any atom is -0.481 e. The normalized spacial score (nSPS) is 12.9. The predicted molar refractivity (Wildman–Crippen MR) is 129 cm³/mol. The van der Waals surface area contributed by atoms with Gasteiger partial charge in [-0.05, 0) is 42.4 Å². The molecule has 32 heavy (non-hydrogen) atoms. The van der Waals surface area contributed by atoms with Gasteiger partial charge in [0.05, 0.1) is 11.7 Å². The van der Waals surface area contributed by atoms with Crippen LogP contribution in [-0.4, -0.2) is 39.1 Å². The molecular formula is C26H34O5S. The number of aryl methyl sites for hydroxylation is 2. The van der Waals surface area contributed by atoms with Crippen LogP contribution in [0.4, 0.5) is 0 Å². The van der Waals surface area contributed by atoms with Gasteiger partial charge < -0.3 is 15.3 Å². The van der Waals surface area contributed by atoms with Crippen LogP contribution in [-0.2, 0) is 22.4 Å². The van der Waals surface area contributed by atoms with E-state index in [2.05, 4.69) is 24.3 Å². The Morgan fingerprint density at radius 2 is 1.38 bits per heavy atom. The zero-order valence-corrected chi connectivity index (χ0v) is 19.3. The molecule has 0 saturated heterocycles. The SMILES string of the molecule is O=C(O)CCSC(c1ccccc1CCCCCCCCc1ccccc1)C(O)C(=O)O. The smallest absolute Gasteiger partial charge is 0.334 e. The first-order valence-electron chi connectivity index (χ1n) is 11.3. The van der Waals surface area contributed by atoms with Crippen molar-refractivity contribution in [2.75, 3.05) is 5.75 Å². The summed E-state index contributed by atoms with van der Waals surface area (Å²) in [6.07, 6.45) is 7.23. The summed E-state index contributed by atoms with van der Waals surface area (Å²) in [6.45, 7) is 0. The topological polar surface area (TPSA) is 94.8 Å². The summed E-state index contributed by atoms with van der Waals surface area (Å²) in [5.41, 5.74) is 3.22. The number of aliphatic hydroxyl groups excluding tert-OH is 1. The number of aliphatic carboxylic acids is 2. The molecule has 0 heterocycles. The number of carboxylic acids is 2. The van der Waals surface area contributed by atoms with Gasteiger partial charge in [-0.25, -0.2) is 4.79 Å². The Balaban J connectivity index is 1.80. The summed E-state index contributed by atoms with van der Waals surface area (Å²) in [5.74, 6) is -1.97. The zero-order valence-electron chi connectivity index (χ0n) is 18.5. The van der Waals surface area contributed by atoms with Crippen LogP contribution in [0.2, 0.25) is 0 Å². The monoisotopic (exact) mass is 458 g/mol. The highest BCUT2D eigenvalue weighted by Gasteiger charge is 2.29. The molecule has 0 saturated carbocycles. The van der Waals surface area contributed by atoms with Crippen LogP contribution < -0.4 is 0 Å². The third-order valence-corrected chi connectivity index (χ3v) is 6.83. The lowest BCUT2D eigenvalue weighted by Crippen LogP contribution is -2.27. The number of carbonyl (C=O) groups is 2. The third kappa shape index (κ3) is 9.45. The fourth-order valence-electron chi connectivity index (χ4n) is 3.79. The molecule has 2 unspecified atom stereocenters. The van der Waals surface area contributed by atoms with Crippen molar-refractivity contribution in [2.24, 2.45) is 0 Å². The van der Waals surface area contributed by atoms with Crippen molar-refractivity contribution >= 4 is 23.7 Å². The van der Waals surface area contributed by atoms with E-state index in [4.69, 9.17) is 5.11 Å². The maximum absolute atomic E-state index is 11.4. The average Bonchev–Trinajstić information content (AvgIpc) is 2.79. The maximum Gasteiger partial charge on any atom is 0.334 e. The molecule has 2 rings (SSSR count). The summed E-state index contributed by atoms with van der Waals surface area (Å²) in [7, 11) is 0. The number of benzene rings is 2. The minimum atomic E-state index is -1.57. The van der Waals surface area contributed by atoms with Crippen LogP contribution in [0.25, 0.3) is 0 Å². The van der Waals surface area contributed by atoms with Crippen molar-refractivity contribution in [1.82, 2.24) is 0 Å². The van der Waals surface area contributed by atoms with Gasteiger partial charge in [0.25, 0.3) is 0 Å². The van der Waals surface area contributed by atoms with Gasteiger partial charge in [-0.1, -0.05) is 80.3 Å². The highest BCUT2D eigenvalue weighted by atomic mass is 32.2. The highest BCUT2D eigenvalue weighted by Crippen LogP contribution is 2.35. The van der Waals surface area contributed by atoms with Crippen LogP contribution in [0.1, 0.15) is 66.9 Å². The minimum absolute atomic E-state index is 0.0695. The number of aliphatic hydroxyl groups is 1. The molecule has 0 fully saturated rings. The Hall–Kier alpha value is -2.31. The first kappa shape index (κ1) is 25.9. The van der Waals surface area contributed by atoms with Gasteiger partial charge in [0.1, 0.15) is 0 Å². The molecule has 2 aromatic rings. The Kier molecular flexibility index (Phi) is 11.9. The van der Waals surface area contributed by atoms with E-state index in [1.54, 1.807) is 0 Å². The average molecular weight is 459 g/mol. The van der Waals surface area contributed by atoms with E-state index in [0.717, 1.165) is 36.8 Å². The molecule has 0 aliphatic rings. The van der Waals surface area contributed by atoms with E-state index in [9.17, 15) is 19.8 Å². The van der Waals surface area contributed by atoms with Gasteiger partial charge in [-0.15, -0.1) is 11.8 Å². The van der Waals surface area contributed by atoms with Crippen molar-refractivity contribution in [1.29, 1.82) is 0 Å². The molecular weight excluding hydrogens is 424 g/mol. The molecule has 2 atom stereocenters. The lowest BCUT2D eigenvalue weighted by Gasteiger charge is -2.22. The van der Waals surface area contributed by atoms with Crippen LogP contribution >= 0.6 is 11.8 Å². The molecule has 0 aromatic heterocycles. The zero-order chi connectivity index (χ0) is 23.2. The van der Waals surface area contributed by atoms with Gasteiger partial charge in [0.2, 0.25) is 0 Å². The Morgan fingerprint density at radius 3 is 2.03 bits per heavy atom. The van der Waals surface area contributed by atoms with E-state index >= 15 is 0 Å². The lowest BCUT2D eigenvalue weighted by atomic mass is 9.96. The second-order valence-corrected chi connectivity index (χ2v) is 9.27. The van der Waals surface area contributed by atoms with Crippen molar-refractivity contribution in [3.05, 3.63) is 71.3 Å². The number of unbranched alkanes of at least 4 members (excludes halogenated alkanes) is 5. The molecule has 3 N–H and O–H groups in total. The van der Waals surface area contributed by atoms with Crippen molar-refractivity contribution in [3.8, 4) is 0 Å². The number of hydrogen-bond donors (Lipinski definition) is 3. The Morgan fingerprint density at radius 1 is 0.781 bits per heavy atom. The summed E-state index contributed by atoms with van der Waals surface area (Å²) in [6, 6.07) is 18.1. The summed E-state index contributed by atoms with van der Waals surface area (Å²) in [4.78, 5) is 22.3. The molecule has 174 valence electrons. The quantitative estimate of drug-likeness (QED) is 0.287. The number of rotatable bonds is 16. The van der Waals surface area contributed by atoms with Gasteiger partial charge >= 0.3 is 11.9 Å². The van der Waals surface area contributed by atoms with E-state index in [1.165, 1.54) is 43.0 Å². The number of hydrogen-bond acceptors (Lipinski definition) is 4. The number of thioether (sulfide) groups is 1. The molecule has 5 nitrogen and oxygen atoms in total. The van der Waals surface area contributed by atoms with E-state index in [1.807, 2.05) is 30.3 Å². The van der Waals surface area contributed by atoms with Crippen LogP contribution in [0, 0.1) is 0 Å². The summed E-state index contributed by atoms with van der Waals surface area (Å²) < 4.78 is 0. The van der Waals surface area contributed by atoms with Crippen LogP contribution in [0.15, 0.2) is 54.6 Å². The lowest BCUT2D eigenvalue weighted by molar-refractivity contribution is -0.146. The second-order valence-electron chi connectivity index (χ2n) is 8.02. The number of carboxylic acid groups (broad SMARTS) is 2. The van der Waals surface area contributed by atoms with E-state index in [0.29, 0.717) is 0 Å². The molecule has 0 radical (unpaired) electrons. The largest absolute Gasteiger partial charge is 0.481 e. The Labute approximate surface area is 194 Å². The predicted octanol–water partition coefficient (Wildman–Crippen LogP) is 5.51. The molecule has 2 aromatic carbocycles. The fraction of sp³-hybridized carbons (Fsp3) is 0.462. The van der Waals surface area contributed by atoms with E-state index in [-0.39, 0.29) is 12.2 Å². The highest BCUT2D eigenvalue weighted by molar-refractivity contribution is 7.99. The fourth-order valence-corrected chi connectivity index (χ4v) is 5.04. The third-order valence-electron chi connectivity index (χ3n) is 5.52. The molecule has 0 aliphatic carbocycles. The van der Waals surface area contributed by atoms with Gasteiger partial charge in [0, 0.05) is 5.75 Å². The first-order chi connectivity index (χ1) is 15.5. The van der Waals surface area contributed by atoms with Gasteiger partial charge in [0.15, 0.2) is 6.10 Å².